The van der Waals surface area contributed by atoms with E-state index in [2.05, 4.69) is 16.3 Å². The summed E-state index contributed by atoms with van der Waals surface area (Å²) in [5.74, 6) is 1.65. The maximum absolute atomic E-state index is 12.1. The Hall–Kier alpha value is -2.73. The van der Waals surface area contributed by atoms with E-state index in [1.54, 1.807) is 7.11 Å². The van der Waals surface area contributed by atoms with E-state index >= 15 is 0 Å². The van der Waals surface area contributed by atoms with Crippen LogP contribution < -0.4 is 15.0 Å². The van der Waals surface area contributed by atoms with Gasteiger partial charge in [0, 0.05) is 39.8 Å². The van der Waals surface area contributed by atoms with Crippen LogP contribution in [0.4, 0.5) is 10.5 Å². The van der Waals surface area contributed by atoms with Gasteiger partial charge in [-0.1, -0.05) is 30.3 Å². The molecule has 2 aromatic rings. The summed E-state index contributed by atoms with van der Waals surface area (Å²) < 4.78 is 11.0. The fraction of sp³-hybridized carbons (Fsp3) is 0.350. The number of hydrogen-bond donors (Lipinski definition) is 1. The second-order valence-electron chi connectivity index (χ2n) is 6.08. The zero-order valence-corrected chi connectivity index (χ0v) is 15.1. The van der Waals surface area contributed by atoms with Gasteiger partial charge in [-0.2, -0.15) is 0 Å². The maximum Gasteiger partial charge on any atom is 0.317 e. The fourth-order valence-electron chi connectivity index (χ4n) is 2.94. The van der Waals surface area contributed by atoms with Crippen LogP contribution >= 0.6 is 0 Å². The molecule has 1 N–H and O–H groups in total. The first kappa shape index (κ1) is 18.1. The zero-order chi connectivity index (χ0) is 18.2. The van der Waals surface area contributed by atoms with Crippen LogP contribution in [0.15, 0.2) is 54.6 Å². The van der Waals surface area contributed by atoms with Crippen LogP contribution in [-0.2, 0) is 4.74 Å². The van der Waals surface area contributed by atoms with Crippen LogP contribution in [0.2, 0.25) is 0 Å². The normalized spacial score (nSPS) is 14.2. The Bertz CT molecular complexity index is 700. The van der Waals surface area contributed by atoms with Gasteiger partial charge < -0.3 is 24.6 Å². The van der Waals surface area contributed by atoms with Gasteiger partial charge in [-0.25, -0.2) is 4.79 Å². The molecule has 1 aliphatic heterocycles. The Labute approximate surface area is 154 Å². The summed E-state index contributed by atoms with van der Waals surface area (Å²) in [7, 11) is 1.62. The molecule has 26 heavy (non-hydrogen) atoms. The van der Waals surface area contributed by atoms with Gasteiger partial charge in [-0.3, -0.25) is 0 Å². The number of rotatable bonds is 6. The minimum atomic E-state index is -0.0319. The summed E-state index contributed by atoms with van der Waals surface area (Å²) in [6, 6.07) is 17.8. The van der Waals surface area contributed by atoms with Crippen molar-refractivity contribution in [3.05, 3.63) is 54.6 Å². The molecular formula is C20H25N3O3. The molecule has 0 spiro atoms. The monoisotopic (exact) mass is 355 g/mol. The second-order valence-corrected chi connectivity index (χ2v) is 6.08. The Morgan fingerprint density at radius 3 is 2.42 bits per heavy atom. The lowest BCUT2D eigenvalue weighted by Gasteiger charge is -2.36. The Morgan fingerprint density at radius 1 is 1.00 bits per heavy atom. The smallest absolute Gasteiger partial charge is 0.317 e. The number of carbonyl (C=O) groups excluding carboxylic acids is 1. The standard InChI is InChI=1S/C20H25N3O3/c1-25-16-11-21-20(24)23-14-12-22(13-15-23)18-9-5-6-10-19(18)26-17-7-3-2-4-8-17/h2-10H,11-16H2,1H3,(H,21,24). The van der Waals surface area contributed by atoms with Gasteiger partial charge in [0.15, 0.2) is 5.75 Å². The van der Waals surface area contributed by atoms with Crippen LogP contribution in [0, 0.1) is 0 Å². The lowest BCUT2D eigenvalue weighted by Crippen LogP contribution is -2.52. The van der Waals surface area contributed by atoms with Crippen molar-refractivity contribution in [1.29, 1.82) is 0 Å². The van der Waals surface area contributed by atoms with Crippen molar-refractivity contribution >= 4 is 11.7 Å². The molecule has 0 atom stereocenters. The van der Waals surface area contributed by atoms with E-state index in [1.807, 2.05) is 53.4 Å². The quantitative estimate of drug-likeness (QED) is 0.810. The van der Waals surface area contributed by atoms with E-state index in [1.165, 1.54) is 0 Å². The van der Waals surface area contributed by atoms with Gasteiger partial charge in [0.2, 0.25) is 0 Å². The third-order valence-corrected chi connectivity index (χ3v) is 4.33. The number of nitrogens with one attached hydrogen (secondary N) is 1. The molecule has 1 fully saturated rings. The molecule has 2 amide bonds. The lowest BCUT2D eigenvalue weighted by molar-refractivity contribution is 0.177. The highest BCUT2D eigenvalue weighted by Gasteiger charge is 2.22. The summed E-state index contributed by atoms with van der Waals surface area (Å²) >= 11 is 0. The topological polar surface area (TPSA) is 54.0 Å². The summed E-state index contributed by atoms with van der Waals surface area (Å²) in [5, 5.41) is 2.87. The summed E-state index contributed by atoms with van der Waals surface area (Å²) in [6.07, 6.45) is 0. The Kier molecular flexibility index (Phi) is 6.33. The molecule has 1 aliphatic rings. The highest BCUT2D eigenvalue weighted by atomic mass is 16.5. The number of para-hydroxylation sites is 3. The molecule has 0 saturated carbocycles. The number of carbonyl (C=O) groups is 1. The number of urea groups is 1. The van der Waals surface area contributed by atoms with Crippen LogP contribution in [0.1, 0.15) is 0 Å². The molecular weight excluding hydrogens is 330 g/mol. The summed E-state index contributed by atoms with van der Waals surface area (Å²) in [6.45, 7) is 3.95. The number of anilines is 1. The number of amides is 2. The third-order valence-electron chi connectivity index (χ3n) is 4.33. The highest BCUT2D eigenvalue weighted by Crippen LogP contribution is 2.32. The molecule has 2 aromatic carbocycles. The summed E-state index contributed by atoms with van der Waals surface area (Å²) in [4.78, 5) is 16.2. The number of ether oxygens (including phenoxy) is 2. The molecule has 138 valence electrons. The molecule has 0 bridgehead atoms. The molecule has 6 nitrogen and oxygen atoms in total. The molecule has 1 heterocycles. The van der Waals surface area contributed by atoms with Crippen molar-refractivity contribution in [1.82, 2.24) is 10.2 Å². The van der Waals surface area contributed by atoms with Crippen LogP contribution in [0.25, 0.3) is 0 Å². The van der Waals surface area contributed by atoms with Gasteiger partial charge >= 0.3 is 6.03 Å². The van der Waals surface area contributed by atoms with Crippen LogP contribution in [-0.4, -0.2) is 57.4 Å². The van der Waals surface area contributed by atoms with Gasteiger partial charge in [-0.05, 0) is 24.3 Å². The predicted octanol–water partition coefficient (Wildman–Crippen LogP) is 2.96. The van der Waals surface area contributed by atoms with E-state index < -0.39 is 0 Å². The van der Waals surface area contributed by atoms with Gasteiger partial charge in [0.25, 0.3) is 0 Å². The Morgan fingerprint density at radius 2 is 1.69 bits per heavy atom. The van der Waals surface area contributed by atoms with Gasteiger partial charge in [0.05, 0.1) is 12.3 Å². The SMILES string of the molecule is COCCNC(=O)N1CCN(c2ccccc2Oc2ccccc2)CC1. The van der Waals surface area contributed by atoms with E-state index in [4.69, 9.17) is 9.47 Å². The largest absolute Gasteiger partial charge is 0.455 e. The van der Waals surface area contributed by atoms with E-state index in [0.717, 1.165) is 30.3 Å². The highest BCUT2D eigenvalue weighted by molar-refractivity contribution is 5.74. The van der Waals surface area contributed by atoms with Crippen LogP contribution in [0.5, 0.6) is 11.5 Å². The zero-order valence-electron chi connectivity index (χ0n) is 15.1. The number of hydrogen-bond acceptors (Lipinski definition) is 4. The third kappa shape index (κ3) is 4.67. The van der Waals surface area contributed by atoms with Crippen molar-refractivity contribution in [2.45, 2.75) is 0 Å². The minimum absolute atomic E-state index is 0.0319. The van der Waals surface area contributed by atoms with E-state index in [0.29, 0.717) is 26.2 Å². The van der Waals surface area contributed by atoms with Gasteiger partial charge in [-0.15, -0.1) is 0 Å². The average molecular weight is 355 g/mol. The number of benzene rings is 2. The minimum Gasteiger partial charge on any atom is -0.455 e. The summed E-state index contributed by atoms with van der Waals surface area (Å²) in [5.41, 5.74) is 1.05. The first-order valence-corrected chi connectivity index (χ1v) is 8.86. The van der Waals surface area contributed by atoms with Crippen molar-refractivity contribution in [2.24, 2.45) is 0 Å². The van der Waals surface area contributed by atoms with Crippen molar-refractivity contribution < 1.29 is 14.3 Å². The first-order chi connectivity index (χ1) is 12.8. The van der Waals surface area contributed by atoms with E-state index in [9.17, 15) is 4.79 Å². The van der Waals surface area contributed by atoms with Gasteiger partial charge in [0.1, 0.15) is 5.75 Å². The molecule has 3 rings (SSSR count). The molecule has 0 aliphatic carbocycles. The molecule has 1 saturated heterocycles. The van der Waals surface area contributed by atoms with E-state index in [-0.39, 0.29) is 6.03 Å². The predicted molar refractivity (Wildman–Crippen MR) is 102 cm³/mol. The second kappa shape index (κ2) is 9.10. The first-order valence-electron chi connectivity index (χ1n) is 8.86. The fourth-order valence-corrected chi connectivity index (χ4v) is 2.94. The molecule has 6 heteroatoms. The maximum atomic E-state index is 12.1. The average Bonchev–Trinajstić information content (AvgIpc) is 2.69. The number of nitrogens with zero attached hydrogens (tertiary/aromatic N) is 2. The molecule has 0 unspecified atom stereocenters. The number of piperazine rings is 1. The van der Waals surface area contributed by atoms with Crippen molar-refractivity contribution in [3.63, 3.8) is 0 Å². The lowest BCUT2D eigenvalue weighted by atomic mass is 10.2. The van der Waals surface area contributed by atoms with Crippen molar-refractivity contribution in [3.8, 4) is 11.5 Å². The molecule has 0 radical (unpaired) electrons. The Balaban J connectivity index is 1.60. The number of methoxy groups -OCH3 is 1. The van der Waals surface area contributed by atoms with Crippen molar-refractivity contribution in [2.75, 3.05) is 51.3 Å². The van der Waals surface area contributed by atoms with Crippen LogP contribution in [0.3, 0.4) is 0 Å². The molecule has 0 aromatic heterocycles.